The molecular formula is C24H30N2O5. The summed E-state index contributed by atoms with van der Waals surface area (Å²) in [4.78, 5) is 40.7. The zero-order valence-corrected chi connectivity index (χ0v) is 18.8. The number of pyridine rings is 1. The molecule has 1 heterocycles. The fourth-order valence-electron chi connectivity index (χ4n) is 3.84. The zero-order chi connectivity index (χ0) is 22.8. The first-order valence-electron chi connectivity index (χ1n) is 10.6. The molecule has 1 unspecified atom stereocenters. The minimum absolute atomic E-state index is 0.0583. The number of nitrogens with one attached hydrogen (secondary N) is 2. The Kier molecular flexibility index (Phi) is 6.53. The van der Waals surface area contributed by atoms with Gasteiger partial charge in [-0.3, -0.25) is 14.4 Å². The van der Waals surface area contributed by atoms with E-state index in [9.17, 15) is 14.4 Å². The number of hydrogen-bond donors (Lipinski definition) is 2. The largest absolute Gasteiger partial charge is 0.493 e. The Labute approximate surface area is 182 Å². The average molecular weight is 427 g/mol. The Balaban J connectivity index is 1.81. The number of amides is 1. The number of benzene rings is 1. The van der Waals surface area contributed by atoms with Gasteiger partial charge in [-0.2, -0.15) is 0 Å². The standard InChI is InChI=1S/C24H30N2O5/c1-6-9-31-20-8-7-15(10-21(20)30-5)14(2)25-22(28)17-11-16-18(26-23(17)29)12-24(3,4)13-19(16)27/h7-8,10-11,14H,6,9,12-13H2,1-5H3,(H,25,28)(H,26,29). The second-order valence-corrected chi connectivity index (χ2v) is 8.80. The number of rotatable bonds is 7. The molecule has 0 spiro atoms. The van der Waals surface area contributed by atoms with E-state index in [2.05, 4.69) is 10.3 Å². The summed E-state index contributed by atoms with van der Waals surface area (Å²) in [7, 11) is 1.56. The third-order valence-corrected chi connectivity index (χ3v) is 5.46. The number of aromatic amines is 1. The minimum atomic E-state index is -0.528. The maximum absolute atomic E-state index is 12.8. The second kappa shape index (κ2) is 8.96. The van der Waals surface area contributed by atoms with Gasteiger partial charge in [-0.25, -0.2) is 0 Å². The minimum Gasteiger partial charge on any atom is -0.493 e. The monoisotopic (exact) mass is 426 g/mol. The van der Waals surface area contributed by atoms with Crippen molar-refractivity contribution in [2.75, 3.05) is 13.7 Å². The number of methoxy groups -OCH3 is 1. The number of H-pyrrole nitrogens is 1. The maximum Gasteiger partial charge on any atom is 0.261 e. The number of ketones is 1. The highest BCUT2D eigenvalue weighted by molar-refractivity contribution is 6.02. The molecule has 1 atom stereocenters. The summed E-state index contributed by atoms with van der Waals surface area (Å²) in [5.41, 5.74) is 1.07. The van der Waals surface area contributed by atoms with Crippen LogP contribution in [-0.2, 0) is 6.42 Å². The molecule has 1 amide bonds. The van der Waals surface area contributed by atoms with E-state index in [1.807, 2.05) is 33.8 Å². The predicted molar refractivity (Wildman–Crippen MR) is 118 cm³/mol. The van der Waals surface area contributed by atoms with Crippen molar-refractivity contribution in [3.05, 3.63) is 57.0 Å². The molecule has 1 aromatic carbocycles. The molecule has 31 heavy (non-hydrogen) atoms. The summed E-state index contributed by atoms with van der Waals surface area (Å²) in [5.74, 6) is 0.627. The summed E-state index contributed by atoms with van der Waals surface area (Å²) in [5, 5.41) is 2.84. The molecule has 3 rings (SSSR count). The predicted octanol–water partition coefficient (Wildman–Crippen LogP) is 3.82. The highest BCUT2D eigenvalue weighted by atomic mass is 16.5. The molecule has 7 heteroatoms. The van der Waals surface area contributed by atoms with Crippen LogP contribution in [0.5, 0.6) is 11.5 Å². The van der Waals surface area contributed by atoms with Crippen molar-refractivity contribution in [1.82, 2.24) is 10.3 Å². The first-order chi connectivity index (χ1) is 14.6. The lowest BCUT2D eigenvalue weighted by molar-refractivity contribution is 0.0910. The molecule has 1 aliphatic rings. The molecule has 0 aliphatic heterocycles. The topological polar surface area (TPSA) is 97.5 Å². The van der Waals surface area contributed by atoms with Crippen molar-refractivity contribution in [1.29, 1.82) is 0 Å². The molecule has 1 aliphatic carbocycles. The summed E-state index contributed by atoms with van der Waals surface area (Å²) in [6.07, 6.45) is 1.86. The van der Waals surface area contributed by atoms with E-state index >= 15 is 0 Å². The maximum atomic E-state index is 12.8. The number of Topliss-reactive ketones (excluding diaryl/α,β-unsaturated/α-hetero) is 1. The van der Waals surface area contributed by atoms with Gasteiger partial charge in [0.2, 0.25) is 0 Å². The Bertz CT molecular complexity index is 1050. The van der Waals surface area contributed by atoms with Gasteiger partial charge in [0, 0.05) is 17.7 Å². The highest BCUT2D eigenvalue weighted by Crippen LogP contribution is 2.33. The van der Waals surface area contributed by atoms with Crippen molar-refractivity contribution in [2.45, 2.75) is 53.0 Å². The van der Waals surface area contributed by atoms with Gasteiger partial charge in [-0.05, 0) is 48.9 Å². The molecule has 2 N–H and O–H groups in total. The smallest absolute Gasteiger partial charge is 0.261 e. The Morgan fingerprint density at radius 3 is 2.61 bits per heavy atom. The molecule has 0 saturated heterocycles. The van der Waals surface area contributed by atoms with Gasteiger partial charge < -0.3 is 19.8 Å². The van der Waals surface area contributed by atoms with E-state index in [0.717, 1.165) is 12.0 Å². The van der Waals surface area contributed by atoms with Crippen molar-refractivity contribution in [2.24, 2.45) is 5.41 Å². The van der Waals surface area contributed by atoms with Gasteiger partial charge in [-0.15, -0.1) is 0 Å². The molecular weight excluding hydrogens is 396 g/mol. The molecule has 0 saturated carbocycles. The van der Waals surface area contributed by atoms with E-state index < -0.39 is 11.5 Å². The first-order valence-corrected chi connectivity index (χ1v) is 10.6. The van der Waals surface area contributed by atoms with E-state index in [1.165, 1.54) is 6.07 Å². The molecule has 0 radical (unpaired) electrons. The Morgan fingerprint density at radius 2 is 1.94 bits per heavy atom. The second-order valence-electron chi connectivity index (χ2n) is 8.80. The van der Waals surface area contributed by atoms with Crippen LogP contribution < -0.4 is 20.3 Å². The lowest BCUT2D eigenvalue weighted by Gasteiger charge is -2.29. The van der Waals surface area contributed by atoms with Crippen LogP contribution in [0, 0.1) is 5.41 Å². The average Bonchev–Trinajstić information content (AvgIpc) is 2.70. The number of ether oxygens (including phenoxy) is 2. The van der Waals surface area contributed by atoms with E-state index in [1.54, 1.807) is 19.2 Å². The van der Waals surface area contributed by atoms with Crippen LogP contribution >= 0.6 is 0 Å². The van der Waals surface area contributed by atoms with Gasteiger partial charge in [0.05, 0.1) is 19.8 Å². The third-order valence-electron chi connectivity index (χ3n) is 5.46. The number of carbonyl (C=O) groups is 2. The quantitative estimate of drug-likeness (QED) is 0.701. The third kappa shape index (κ3) is 4.98. The van der Waals surface area contributed by atoms with Crippen molar-refractivity contribution in [3.63, 3.8) is 0 Å². The van der Waals surface area contributed by atoms with Gasteiger partial charge in [0.25, 0.3) is 11.5 Å². The first kappa shape index (κ1) is 22.6. The molecule has 7 nitrogen and oxygen atoms in total. The fraction of sp³-hybridized carbons (Fsp3) is 0.458. The van der Waals surface area contributed by atoms with Gasteiger partial charge in [0.15, 0.2) is 17.3 Å². The summed E-state index contributed by atoms with van der Waals surface area (Å²) in [6.45, 7) is 8.40. The van der Waals surface area contributed by atoms with Crippen molar-refractivity contribution < 1.29 is 19.1 Å². The van der Waals surface area contributed by atoms with E-state index in [-0.39, 0.29) is 22.8 Å². The van der Waals surface area contributed by atoms with Crippen molar-refractivity contribution >= 4 is 11.7 Å². The molecule has 2 aromatic rings. The number of fused-ring (bicyclic) bond motifs is 1. The zero-order valence-electron chi connectivity index (χ0n) is 18.8. The van der Waals surface area contributed by atoms with Crippen LogP contribution in [0.3, 0.4) is 0 Å². The van der Waals surface area contributed by atoms with E-state index in [4.69, 9.17) is 9.47 Å². The van der Waals surface area contributed by atoms with Crippen LogP contribution in [0.25, 0.3) is 0 Å². The van der Waals surface area contributed by atoms with Crippen LogP contribution in [-0.4, -0.2) is 30.4 Å². The SMILES string of the molecule is CCCOc1ccc(C(C)NC(=O)c2cc3c([nH]c2=O)CC(C)(C)CC3=O)cc1OC. The van der Waals surface area contributed by atoms with Crippen LogP contribution in [0.15, 0.2) is 29.1 Å². The Hall–Kier alpha value is -3.09. The lowest BCUT2D eigenvalue weighted by atomic mass is 9.75. The number of aromatic nitrogens is 1. The summed E-state index contributed by atoms with van der Waals surface area (Å²) >= 11 is 0. The Morgan fingerprint density at radius 1 is 1.19 bits per heavy atom. The number of carbonyl (C=O) groups excluding carboxylic acids is 2. The van der Waals surface area contributed by atoms with E-state index in [0.29, 0.717) is 42.2 Å². The molecule has 166 valence electrons. The fourth-order valence-corrected chi connectivity index (χ4v) is 3.84. The van der Waals surface area contributed by atoms with Crippen LogP contribution in [0.1, 0.15) is 78.6 Å². The summed E-state index contributed by atoms with van der Waals surface area (Å²) in [6, 6.07) is 6.50. The van der Waals surface area contributed by atoms with Crippen LogP contribution in [0.4, 0.5) is 0 Å². The summed E-state index contributed by atoms with van der Waals surface area (Å²) < 4.78 is 11.1. The van der Waals surface area contributed by atoms with Crippen molar-refractivity contribution in [3.8, 4) is 11.5 Å². The van der Waals surface area contributed by atoms with Gasteiger partial charge in [0.1, 0.15) is 5.56 Å². The normalized spacial score (nSPS) is 15.7. The molecule has 0 bridgehead atoms. The number of hydrogen-bond acceptors (Lipinski definition) is 5. The lowest BCUT2D eigenvalue weighted by Crippen LogP contribution is -2.35. The highest BCUT2D eigenvalue weighted by Gasteiger charge is 2.32. The van der Waals surface area contributed by atoms with Gasteiger partial charge in [-0.1, -0.05) is 26.8 Å². The van der Waals surface area contributed by atoms with Gasteiger partial charge >= 0.3 is 0 Å². The molecule has 0 fully saturated rings. The molecule has 1 aromatic heterocycles. The van der Waals surface area contributed by atoms with Crippen LogP contribution in [0.2, 0.25) is 0 Å².